The zero-order chi connectivity index (χ0) is 20.3. The molecule has 0 amide bonds. The SMILES string of the molecule is C=C.C=C.C=C.C=C.C=C.C=C(C)C(=O)O.C=C(C)C(=O)O. The van der Waals surface area contributed by atoms with Gasteiger partial charge in [0.25, 0.3) is 0 Å². The van der Waals surface area contributed by atoms with Crippen LogP contribution in [0.25, 0.3) is 0 Å². The minimum atomic E-state index is -0.935. The average Bonchev–Trinajstić information content (AvgIpc) is 2.57. The smallest absolute Gasteiger partial charge is 0.330 e. The molecule has 0 rings (SSSR count). The van der Waals surface area contributed by atoms with Crippen LogP contribution < -0.4 is 0 Å². The van der Waals surface area contributed by atoms with E-state index in [1.54, 1.807) is 0 Å². The first-order valence-electron chi connectivity index (χ1n) is 5.56. The lowest BCUT2D eigenvalue weighted by atomic mass is 10.4. The Kier molecular flexibility index (Phi) is 124. The maximum Gasteiger partial charge on any atom is 0.330 e. The van der Waals surface area contributed by atoms with Crippen molar-refractivity contribution >= 4 is 11.9 Å². The highest BCUT2D eigenvalue weighted by Gasteiger charge is 1.90. The van der Waals surface area contributed by atoms with E-state index in [-0.39, 0.29) is 11.1 Å². The van der Waals surface area contributed by atoms with Crippen LogP contribution in [0, 0.1) is 0 Å². The van der Waals surface area contributed by atoms with Gasteiger partial charge in [0.1, 0.15) is 0 Å². The predicted molar refractivity (Wildman–Crippen MR) is 101 cm³/mol. The van der Waals surface area contributed by atoms with Crippen molar-refractivity contribution in [1.82, 2.24) is 0 Å². The molecule has 0 unspecified atom stereocenters. The van der Waals surface area contributed by atoms with Gasteiger partial charge in [-0.15, -0.1) is 65.8 Å². The Bertz CT molecular complexity index is 221. The van der Waals surface area contributed by atoms with Gasteiger partial charge in [0, 0.05) is 11.1 Å². The molecular formula is C18H32O4. The molecular weight excluding hydrogens is 280 g/mol. The molecule has 0 fully saturated rings. The molecule has 0 aromatic rings. The van der Waals surface area contributed by atoms with Crippen LogP contribution in [0.3, 0.4) is 0 Å². The molecule has 4 nitrogen and oxygen atoms in total. The van der Waals surface area contributed by atoms with Gasteiger partial charge in [0.15, 0.2) is 0 Å². The van der Waals surface area contributed by atoms with Crippen LogP contribution in [0.5, 0.6) is 0 Å². The van der Waals surface area contributed by atoms with Gasteiger partial charge >= 0.3 is 11.9 Å². The third-order valence-corrected chi connectivity index (χ3v) is 0.730. The van der Waals surface area contributed by atoms with Gasteiger partial charge < -0.3 is 10.2 Å². The molecule has 0 saturated carbocycles. The minimum Gasteiger partial charge on any atom is -0.478 e. The second-order valence-electron chi connectivity index (χ2n) is 2.17. The van der Waals surface area contributed by atoms with Gasteiger partial charge in [-0.1, -0.05) is 13.2 Å². The van der Waals surface area contributed by atoms with Crippen LogP contribution in [0.15, 0.2) is 90.1 Å². The molecule has 0 aliphatic carbocycles. The summed E-state index contributed by atoms with van der Waals surface area (Å²) < 4.78 is 0. The molecule has 0 saturated heterocycles. The molecule has 4 heteroatoms. The number of rotatable bonds is 2. The molecule has 2 N–H and O–H groups in total. The van der Waals surface area contributed by atoms with Crippen molar-refractivity contribution in [2.45, 2.75) is 13.8 Å². The van der Waals surface area contributed by atoms with E-state index in [2.05, 4.69) is 78.9 Å². The first-order valence-corrected chi connectivity index (χ1v) is 5.56. The zero-order valence-corrected chi connectivity index (χ0v) is 14.2. The fourth-order valence-corrected chi connectivity index (χ4v) is 0. The van der Waals surface area contributed by atoms with Crippen molar-refractivity contribution in [1.29, 1.82) is 0 Å². The monoisotopic (exact) mass is 312 g/mol. The van der Waals surface area contributed by atoms with E-state index in [0.29, 0.717) is 0 Å². The normalized spacial score (nSPS) is 5.00. The Hall–Kier alpha value is -2.88. The van der Waals surface area contributed by atoms with Crippen molar-refractivity contribution < 1.29 is 19.8 Å². The van der Waals surface area contributed by atoms with E-state index in [4.69, 9.17) is 10.2 Å². The second kappa shape index (κ2) is 63.9. The van der Waals surface area contributed by atoms with E-state index in [0.717, 1.165) is 0 Å². The van der Waals surface area contributed by atoms with Crippen molar-refractivity contribution in [3.63, 3.8) is 0 Å². The van der Waals surface area contributed by atoms with Crippen molar-refractivity contribution in [3.05, 3.63) is 90.1 Å². The van der Waals surface area contributed by atoms with E-state index >= 15 is 0 Å². The standard InChI is InChI=1S/2C4H6O2.5C2H4/c2*1-3(2)4(5)6;5*1-2/h2*1H2,2H3,(H,5,6);5*1-2H2. The van der Waals surface area contributed by atoms with E-state index in [9.17, 15) is 9.59 Å². The van der Waals surface area contributed by atoms with Gasteiger partial charge in [-0.2, -0.15) is 0 Å². The number of carboxylic acids is 2. The molecule has 0 aromatic carbocycles. The fraction of sp³-hybridized carbons (Fsp3) is 0.111. The van der Waals surface area contributed by atoms with Gasteiger partial charge in [-0.05, 0) is 13.8 Å². The second-order valence-corrected chi connectivity index (χ2v) is 2.17. The maximum absolute atomic E-state index is 9.60. The van der Waals surface area contributed by atoms with Crippen LogP contribution in [-0.2, 0) is 9.59 Å². The minimum absolute atomic E-state index is 0.176. The van der Waals surface area contributed by atoms with Crippen molar-refractivity contribution in [2.75, 3.05) is 0 Å². The first kappa shape index (κ1) is 42.7. The topological polar surface area (TPSA) is 74.6 Å². The number of carboxylic acid groups (broad SMARTS) is 2. The molecule has 0 aromatic heterocycles. The first-order chi connectivity index (χ1) is 10.3. The molecule has 22 heavy (non-hydrogen) atoms. The zero-order valence-electron chi connectivity index (χ0n) is 14.2. The van der Waals surface area contributed by atoms with Crippen molar-refractivity contribution in [3.8, 4) is 0 Å². The van der Waals surface area contributed by atoms with Crippen LogP contribution in [0.2, 0.25) is 0 Å². The summed E-state index contributed by atoms with van der Waals surface area (Å²) in [5.41, 5.74) is 0.352. The largest absolute Gasteiger partial charge is 0.478 e. The summed E-state index contributed by atoms with van der Waals surface area (Å²) in [6.07, 6.45) is 0. The quantitative estimate of drug-likeness (QED) is 0.535. The number of hydrogen-bond acceptors (Lipinski definition) is 2. The van der Waals surface area contributed by atoms with E-state index in [1.807, 2.05) is 0 Å². The lowest BCUT2D eigenvalue weighted by molar-refractivity contribution is -0.133. The lowest BCUT2D eigenvalue weighted by Gasteiger charge is -1.79. The highest BCUT2D eigenvalue weighted by atomic mass is 16.4. The summed E-state index contributed by atoms with van der Waals surface area (Å²) in [7, 11) is 0. The molecule has 0 aliphatic rings. The number of aliphatic carboxylic acids is 2. The Labute approximate surface area is 136 Å². The molecule has 0 bridgehead atoms. The Balaban J connectivity index is -0.0000000262. The summed E-state index contributed by atoms with van der Waals surface area (Å²) in [4.78, 5) is 19.2. The van der Waals surface area contributed by atoms with E-state index in [1.165, 1.54) is 13.8 Å². The molecule has 128 valence electrons. The Morgan fingerprint density at radius 2 is 0.591 bits per heavy atom. The molecule has 0 heterocycles. The Morgan fingerprint density at radius 3 is 0.591 bits per heavy atom. The van der Waals surface area contributed by atoms with Crippen LogP contribution in [0.1, 0.15) is 13.8 Å². The summed E-state index contributed by atoms with van der Waals surface area (Å²) in [5, 5.41) is 15.8. The Morgan fingerprint density at radius 1 is 0.545 bits per heavy atom. The highest BCUT2D eigenvalue weighted by molar-refractivity contribution is 5.85. The summed E-state index contributed by atoms with van der Waals surface area (Å²) >= 11 is 0. The number of hydrogen-bond donors (Lipinski definition) is 2. The summed E-state index contributed by atoms with van der Waals surface area (Å²) in [5.74, 6) is -1.87. The van der Waals surface area contributed by atoms with E-state index < -0.39 is 11.9 Å². The third kappa shape index (κ3) is 170. The van der Waals surface area contributed by atoms with Gasteiger partial charge in [-0.25, -0.2) is 9.59 Å². The molecule has 0 spiro atoms. The lowest BCUT2D eigenvalue weighted by Crippen LogP contribution is -1.92. The molecule has 0 radical (unpaired) electrons. The molecule has 0 aliphatic heterocycles. The van der Waals surface area contributed by atoms with Gasteiger partial charge in [0.2, 0.25) is 0 Å². The molecule has 0 atom stereocenters. The summed E-state index contributed by atoms with van der Waals surface area (Å²) in [6.45, 7) is 39.2. The van der Waals surface area contributed by atoms with Crippen LogP contribution >= 0.6 is 0 Å². The van der Waals surface area contributed by atoms with Crippen LogP contribution in [-0.4, -0.2) is 22.2 Å². The van der Waals surface area contributed by atoms with Crippen LogP contribution in [0.4, 0.5) is 0 Å². The highest BCUT2D eigenvalue weighted by Crippen LogP contribution is 1.81. The predicted octanol–water partition coefficient (Wildman–Crippen LogP) is 5.31. The summed E-state index contributed by atoms with van der Waals surface area (Å²) in [6, 6.07) is 0. The van der Waals surface area contributed by atoms with Gasteiger partial charge in [-0.3, -0.25) is 0 Å². The third-order valence-electron chi connectivity index (χ3n) is 0.730. The number of carbonyl (C=O) groups is 2. The fourth-order valence-electron chi connectivity index (χ4n) is 0. The average molecular weight is 312 g/mol. The maximum atomic E-state index is 9.60. The van der Waals surface area contributed by atoms with Gasteiger partial charge in [0.05, 0.1) is 0 Å². The van der Waals surface area contributed by atoms with Crippen molar-refractivity contribution in [2.24, 2.45) is 0 Å².